The molecule has 0 fully saturated rings. The standard InChI is InChI=1S/C18H22N4O3/c1-12(21-16(23)5-4-6-17(24)25-3)15-11-20-18(22-13(15)2)14-7-9-19-10-8-14/h7-12H,4-6H2,1-3H3,(H,21,23)/t12-/m0/s1. The second-order valence-corrected chi connectivity index (χ2v) is 5.69. The molecule has 2 heterocycles. The van der Waals surface area contributed by atoms with Gasteiger partial charge in [-0.1, -0.05) is 0 Å². The number of amides is 1. The summed E-state index contributed by atoms with van der Waals surface area (Å²) >= 11 is 0. The van der Waals surface area contributed by atoms with Crippen LogP contribution >= 0.6 is 0 Å². The maximum absolute atomic E-state index is 12.0. The zero-order valence-corrected chi connectivity index (χ0v) is 14.7. The van der Waals surface area contributed by atoms with E-state index in [0.717, 1.165) is 16.8 Å². The largest absolute Gasteiger partial charge is 0.469 e. The second-order valence-electron chi connectivity index (χ2n) is 5.69. The number of carbonyl (C=O) groups excluding carboxylic acids is 2. The highest BCUT2D eigenvalue weighted by atomic mass is 16.5. The van der Waals surface area contributed by atoms with Gasteiger partial charge in [0, 0.05) is 48.3 Å². The summed E-state index contributed by atoms with van der Waals surface area (Å²) in [6.07, 6.45) is 6.09. The number of aryl methyl sites for hydroxylation is 1. The van der Waals surface area contributed by atoms with Crippen LogP contribution in [-0.4, -0.2) is 33.9 Å². The van der Waals surface area contributed by atoms with Gasteiger partial charge in [-0.3, -0.25) is 14.6 Å². The average molecular weight is 342 g/mol. The SMILES string of the molecule is COC(=O)CCCC(=O)N[C@@H](C)c1cnc(-c2ccncc2)nc1C. The van der Waals surface area contributed by atoms with E-state index >= 15 is 0 Å². The molecule has 7 nitrogen and oxygen atoms in total. The first-order valence-electron chi connectivity index (χ1n) is 8.11. The molecule has 1 N–H and O–H groups in total. The van der Waals surface area contributed by atoms with E-state index in [4.69, 9.17) is 0 Å². The second kappa shape index (κ2) is 8.86. The van der Waals surface area contributed by atoms with Crippen LogP contribution in [0.4, 0.5) is 0 Å². The van der Waals surface area contributed by atoms with E-state index < -0.39 is 0 Å². The molecule has 0 aliphatic carbocycles. The van der Waals surface area contributed by atoms with Gasteiger partial charge in [-0.05, 0) is 32.4 Å². The summed E-state index contributed by atoms with van der Waals surface area (Å²) in [6, 6.07) is 3.49. The molecule has 2 aromatic heterocycles. The Labute approximate surface area is 146 Å². The normalized spacial score (nSPS) is 11.6. The number of nitrogens with zero attached hydrogens (tertiary/aromatic N) is 3. The van der Waals surface area contributed by atoms with Gasteiger partial charge in [-0.25, -0.2) is 9.97 Å². The van der Waals surface area contributed by atoms with Crippen LogP contribution in [0.2, 0.25) is 0 Å². The van der Waals surface area contributed by atoms with Crippen molar-refractivity contribution < 1.29 is 14.3 Å². The molecule has 0 aromatic carbocycles. The molecule has 1 amide bonds. The Morgan fingerprint density at radius 1 is 1.24 bits per heavy atom. The fraction of sp³-hybridized carbons (Fsp3) is 0.389. The van der Waals surface area contributed by atoms with Crippen LogP contribution in [0.25, 0.3) is 11.4 Å². The highest BCUT2D eigenvalue weighted by Crippen LogP contribution is 2.19. The van der Waals surface area contributed by atoms with Gasteiger partial charge in [0.15, 0.2) is 5.82 Å². The molecule has 132 valence electrons. The van der Waals surface area contributed by atoms with Gasteiger partial charge in [-0.2, -0.15) is 0 Å². The van der Waals surface area contributed by atoms with E-state index in [0.29, 0.717) is 12.2 Å². The number of hydrogen-bond acceptors (Lipinski definition) is 6. The molecule has 0 aliphatic heterocycles. The number of aromatic nitrogens is 3. The van der Waals surface area contributed by atoms with Crippen molar-refractivity contribution in [1.29, 1.82) is 0 Å². The predicted octanol–water partition coefficient (Wildman–Crippen LogP) is 2.37. The van der Waals surface area contributed by atoms with Crippen LogP contribution in [0.15, 0.2) is 30.7 Å². The molecule has 0 radical (unpaired) electrons. The summed E-state index contributed by atoms with van der Waals surface area (Å²) in [7, 11) is 1.34. The van der Waals surface area contributed by atoms with Gasteiger partial charge in [0.2, 0.25) is 5.91 Å². The monoisotopic (exact) mass is 342 g/mol. The zero-order chi connectivity index (χ0) is 18.2. The fourth-order valence-corrected chi connectivity index (χ4v) is 2.43. The molecule has 0 aliphatic rings. The van der Waals surface area contributed by atoms with E-state index in [-0.39, 0.29) is 30.8 Å². The fourth-order valence-electron chi connectivity index (χ4n) is 2.43. The summed E-state index contributed by atoms with van der Waals surface area (Å²) in [5.41, 5.74) is 2.56. The Morgan fingerprint density at radius 2 is 1.96 bits per heavy atom. The van der Waals surface area contributed by atoms with Crippen molar-refractivity contribution >= 4 is 11.9 Å². The van der Waals surface area contributed by atoms with Gasteiger partial charge >= 0.3 is 5.97 Å². The third kappa shape index (κ3) is 5.34. The van der Waals surface area contributed by atoms with Crippen molar-refractivity contribution in [3.8, 4) is 11.4 Å². The van der Waals surface area contributed by atoms with Crippen LogP contribution in [0.5, 0.6) is 0 Å². The van der Waals surface area contributed by atoms with Gasteiger partial charge in [0.1, 0.15) is 0 Å². The summed E-state index contributed by atoms with van der Waals surface area (Å²) in [5, 5.41) is 2.91. The molecule has 2 aromatic rings. The van der Waals surface area contributed by atoms with E-state index in [1.54, 1.807) is 18.6 Å². The molecule has 0 bridgehead atoms. The maximum atomic E-state index is 12.0. The summed E-state index contributed by atoms with van der Waals surface area (Å²) in [4.78, 5) is 35.9. The van der Waals surface area contributed by atoms with E-state index in [1.165, 1.54) is 7.11 Å². The number of methoxy groups -OCH3 is 1. The van der Waals surface area contributed by atoms with Crippen LogP contribution in [0.3, 0.4) is 0 Å². The number of carbonyl (C=O) groups is 2. The van der Waals surface area contributed by atoms with E-state index in [2.05, 4.69) is 25.0 Å². The lowest BCUT2D eigenvalue weighted by atomic mass is 10.1. The Morgan fingerprint density at radius 3 is 2.60 bits per heavy atom. The van der Waals surface area contributed by atoms with Crippen molar-refractivity contribution in [2.75, 3.05) is 7.11 Å². The van der Waals surface area contributed by atoms with Crippen molar-refractivity contribution in [2.45, 2.75) is 39.2 Å². The minimum atomic E-state index is -0.309. The number of ether oxygens (including phenoxy) is 1. The zero-order valence-electron chi connectivity index (χ0n) is 14.7. The molecule has 1 atom stereocenters. The first kappa shape index (κ1) is 18.5. The molecule has 0 unspecified atom stereocenters. The van der Waals surface area contributed by atoms with Crippen LogP contribution in [0.1, 0.15) is 43.5 Å². The minimum absolute atomic E-state index is 0.117. The number of nitrogens with one attached hydrogen (secondary N) is 1. The van der Waals surface area contributed by atoms with Crippen LogP contribution in [0, 0.1) is 6.92 Å². The first-order chi connectivity index (χ1) is 12.0. The molecule has 0 saturated heterocycles. The van der Waals surface area contributed by atoms with Crippen molar-refractivity contribution in [1.82, 2.24) is 20.3 Å². The topological polar surface area (TPSA) is 94.1 Å². The molecule has 2 rings (SSSR count). The molecule has 0 spiro atoms. The lowest BCUT2D eigenvalue weighted by Gasteiger charge is -2.16. The third-order valence-corrected chi connectivity index (χ3v) is 3.81. The molecule has 25 heavy (non-hydrogen) atoms. The highest BCUT2D eigenvalue weighted by Gasteiger charge is 2.14. The van der Waals surface area contributed by atoms with Crippen LogP contribution < -0.4 is 5.32 Å². The van der Waals surface area contributed by atoms with Crippen molar-refractivity contribution in [3.63, 3.8) is 0 Å². The maximum Gasteiger partial charge on any atom is 0.305 e. The Bertz CT molecular complexity index is 734. The number of rotatable bonds is 7. The smallest absolute Gasteiger partial charge is 0.305 e. The molecular formula is C18H22N4O3. The third-order valence-electron chi connectivity index (χ3n) is 3.81. The molecular weight excluding hydrogens is 320 g/mol. The van der Waals surface area contributed by atoms with Gasteiger partial charge in [-0.15, -0.1) is 0 Å². The number of hydrogen-bond donors (Lipinski definition) is 1. The number of esters is 1. The van der Waals surface area contributed by atoms with E-state index in [9.17, 15) is 9.59 Å². The quantitative estimate of drug-likeness (QED) is 0.776. The molecule has 7 heteroatoms. The van der Waals surface area contributed by atoms with E-state index in [1.807, 2.05) is 26.0 Å². The molecule has 0 saturated carbocycles. The first-order valence-corrected chi connectivity index (χ1v) is 8.11. The van der Waals surface area contributed by atoms with Gasteiger partial charge < -0.3 is 10.1 Å². The Hall–Kier alpha value is -2.83. The van der Waals surface area contributed by atoms with Crippen molar-refractivity contribution in [2.24, 2.45) is 0 Å². The Kier molecular flexibility index (Phi) is 6.56. The Balaban J connectivity index is 1.96. The van der Waals surface area contributed by atoms with Crippen LogP contribution in [-0.2, 0) is 14.3 Å². The number of pyridine rings is 1. The van der Waals surface area contributed by atoms with Gasteiger partial charge in [0.25, 0.3) is 0 Å². The van der Waals surface area contributed by atoms with Crippen molar-refractivity contribution in [3.05, 3.63) is 42.0 Å². The minimum Gasteiger partial charge on any atom is -0.469 e. The predicted molar refractivity (Wildman–Crippen MR) is 92.4 cm³/mol. The lowest BCUT2D eigenvalue weighted by Crippen LogP contribution is -2.27. The lowest BCUT2D eigenvalue weighted by molar-refractivity contribution is -0.140. The van der Waals surface area contributed by atoms with Gasteiger partial charge in [0.05, 0.1) is 13.2 Å². The highest BCUT2D eigenvalue weighted by molar-refractivity contribution is 5.77. The summed E-state index contributed by atoms with van der Waals surface area (Å²) in [5.74, 6) is 0.200. The average Bonchev–Trinajstić information content (AvgIpc) is 2.62. The summed E-state index contributed by atoms with van der Waals surface area (Å²) < 4.78 is 4.55. The summed E-state index contributed by atoms with van der Waals surface area (Å²) in [6.45, 7) is 3.78.